The number of nitrogens with zero attached hydrogens (tertiary/aromatic N) is 3. The summed E-state index contributed by atoms with van der Waals surface area (Å²) in [5, 5.41) is 1.12. The quantitative estimate of drug-likeness (QED) is 0.801. The van der Waals surface area contributed by atoms with Gasteiger partial charge in [0.15, 0.2) is 0 Å². The van der Waals surface area contributed by atoms with Crippen LogP contribution in [0.1, 0.15) is 18.4 Å². The predicted molar refractivity (Wildman–Crippen MR) is 112 cm³/mol. The van der Waals surface area contributed by atoms with Crippen molar-refractivity contribution in [3.8, 4) is 0 Å². The molecule has 1 aromatic carbocycles. The Hall–Kier alpha value is -2.38. The number of rotatable bonds is 6. The van der Waals surface area contributed by atoms with Gasteiger partial charge in [-0.25, -0.2) is 0 Å². The number of carbonyl (C=O) groups is 2. The van der Waals surface area contributed by atoms with Crippen molar-refractivity contribution in [2.45, 2.75) is 25.3 Å². The summed E-state index contributed by atoms with van der Waals surface area (Å²) in [4.78, 5) is 35.0. The third kappa shape index (κ3) is 4.31. The molecule has 2 aromatic rings. The number of nitrogens with one attached hydrogen (secondary N) is 1. The zero-order chi connectivity index (χ0) is 20.2. The van der Waals surface area contributed by atoms with Gasteiger partial charge in [0.2, 0.25) is 11.8 Å². The molecular weight excluding hydrogens is 368 g/mol. The Labute approximate surface area is 171 Å². The molecule has 0 bridgehead atoms. The van der Waals surface area contributed by atoms with Crippen LogP contribution >= 0.6 is 0 Å². The van der Waals surface area contributed by atoms with E-state index in [2.05, 4.69) is 16.0 Å². The van der Waals surface area contributed by atoms with Gasteiger partial charge in [-0.2, -0.15) is 0 Å². The Kier molecular flexibility index (Phi) is 6.16. The second-order valence-corrected chi connectivity index (χ2v) is 7.93. The van der Waals surface area contributed by atoms with Crippen molar-refractivity contribution >= 4 is 22.7 Å². The molecule has 7 nitrogen and oxygen atoms in total. The summed E-state index contributed by atoms with van der Waals surface area (Å²) in [5.41, 5.74) is 2.11. The van der Waals surface area contributed by atoms with Crippen LogP contribution in [0.25, 0.3) is 10.9 Å². The number of aromatic nitrogens is 1. The molecule has 2 aliphatic rings. The molecule has 156 valence electrons. The number of amides is 2. The van der Waals surface area contributed by atoms with Gasteiger partial charge in [-0.05, 0) is 24.5 Å². The highest BCUT2D eigenvalue weighted by Crippen LogP contribution is 2.21. The predicted octanol–water partition coefficient (Wildman–Crippen LogP) is 1.49. The van der Waals surface area contributed by atoms with Crippen LogP contribution in [-0.4, -0.2) is 90.5 Å². The van der Waals surface area contributed by atoms with Crippen LogP contribution in [0, 0.1) is 0 Å². The molecule has 1 aromatic heterocycles. The molecule has 2 aliphatic heterocycles. The summed E-state index contributed by atoms with van der Waals surface area (Å²) < 4.78 is 5.11. The highest BCUT2D eigenvalue weighted by atomic mass is 16.5. The number of benzene rings is 1. The van der Waals surface area contributed by atoms with Crippen LogP contribution in [0.2, 0.25) is 0 Å². The van der Waals surface area contributed by atoms with Crippen LogP contribution in [0.4, 0.5) is 0 Å². The number of ether oxygens (including phenoxy) is 1. The van der Waals surface area contributed by atoms with E-state index in [-0.39, 0.29) is 17.9 Å². The number of hydrogen-bond acceptors (Lipinski definition) is 4. The lowest BCUT2D eigenvalue weighted by Crippen LogP contribution is -2.44. The van der Waals surface area contributed by atoms with Crippen molar-refractivity contribution in [2.75, 3.05) is 53.0 Å². The molecule has 3 heterocycles. The first-order valence-electron chi connectivity index (χ1n) is 10.5. The zero-order valence-electron chi connectivity index (χ0n) is 17.1. The average molecular weight is 399 g/mol. The molecule has 0 spiro atoms. The maximum Gasteiger partial charge on any atom is 0.240 e. The highest BCUT2D eigenvalue weighted by molar-refractivity contribution is 5.89. The highest BCUT2D eigenvalue weighted by Gasteiger charge is 2.36. The van der Waals surface area contributed by atoms with Gasteiger partial charge in [0.05, 0.1) is 19.1 Å². The molecular formula is C22H30N4O3. The minimum absolute atomic E-state index is 0.0458. The average Bonchev–Trinajstić information content (AvgIpc) is 3.20. The van der Waals surface area contributed by atoms with Crippen molar-refractivity contribution in [2.24, 2.45) is 0 Å². The fraction of sp³-hybridized carbons (Fsp3) is 0.545. The van der Waals surface area contributed by atoms with Crippen LogP contribution in [0.15, 0.2) is 30.5 Å². The van der Waals surface area contributed by atoms with Gasteiger partial charge in [-0.3, -0.25) is 14.5 Å². The topological polar surface area (TPSA) is 68.9 Å². The van der Waals surface area contributed by atoms with Gasteiger partial charge in [0, 0.05) is 63.5 Å². The number of methoxy groups -OCH3 is 1. The SMILES string of the molecule is COCCN1CC[C@H](N2CCCN(C(=O)Cc3c[nH]c4ccccc34)CC2)C1=O. The Morgan fingerprint density at radius 2 is 2.03 bits per heavy atom. The summed E-state index contributed by atoms with van der Waals surface area (Å²) in [6.07, 6.45) is 4.13. The Balaban J connectivity index is 1.34. The molecule has 1 N–H and O–H groups in total. The van der Waals surface area contributed by atoms with Crippen LogP contribution < -0.4 is 0 Å². The number of para-hydroxylation sites is 1. The van der Waals surface area contributed by atoms with Crippen molar-refractivity contribution < 1.29 is 14.3 Å². The fourth-order valence-corrected chi connectivity index (χ4v) is 4.54. The molecule has 4 rings (SSSR count). The maximum absolute atomic E-state index is 12.9. The number of fused-ring (bicyclic) bond motifs is 1. The van der Waals surface area contributed by atoms with Gasteiger partial charge in [0.1, 0.15) is 0 Å². The fourth-order valence-electron chi connectivity index (χ4n) is 4.54. The number of aromatic amines is 1. The molecule has 2 fully saturated rings. The molecule has 7 heteroatoms. The van der Waals surface area contributed by atoms with Gasteiger partial charge in [-0.1, -0.05) is 18.2 Å². The van der Waals surface area contributed by atoms with E-state index in [1.165, 1.54) is 0 Å². The lowest BCUT2D eigenvalue weighted by Gasteiger charge is -2.26. The van der Waals surface area contributed by atoms with E-state index in [9.17, 15) is 9.59 Å². The van der Waals surface area contributed by atoms with E-state index in [1.807, 2.05) is 34.2 Å². The van der Waals surface area contributed by atoms with Gasteiger partial charge in [-0.15, -0.1) is 0 Å². The van der Waals surface area contributed by atoms with E-state index in [0.29, 0.717) is 26.1 Å². The number of carbonyl (C=O) groups excluding carboxylic acids is 2. The van der Waals surface area contributed by atoms with Crippen LogP contribution in [-0.2, 0) is 20.7 Å². The van der Waals surface area contributed by atoms with Crippen LogP contribution in [0.5, 0.6) is 0 Å². The summed E-state index contributed by atoms with van der Waals surface area (Å²) in [6.45, 7) is 5.10. The summed E-state index contributed by atoms with van der Waals surface area (Å²) in [6, 6.07) is 8.04. The first-order chi connectivity index (χ1) is 14.2. The van der Waals surface area contributed by atoms with Gasteiger partial charge in [0.25, 0.3) is 0 Å². The Morgan fingerprint density at radius 1 is 1.17 bits per heavy atom. The van der Waals surface area contributed by atoms with Gasteiger partial charge >= 0.3 is 0 Å². The van der Waals surface area contributed by atoms with E-state index >= 15 is 0 Å². The largest absolute Gasteiger partial charge is 0.383 e. The lowest BCUT2D eigenvalue weighted by atomic mass is 10.1. The second-order valence-electron chi connectivity index (χ2n) is 7.93. The van der Waals surface area contributed by atoms with Crippen LogP contribution in [0.3, 0.4) is 0 Å². The first-order valence-corrected chi connectivity index (χ1v) is 10.5. The summed E-state index contributed by atoms with van der Waals surface area (Å²) in [5.74, 6) is 0.372. The minimum Gasteiger partial charge on any atom is -0.383 e. The zero-order valence-corrected chi connectivity index (χ0v) is 17.1. The first kappa shape index (κ1) is 19.9. The summed E-state index contributed by atoms with van der Waals surface area (Å²) >= 11 is 0. The van der Waals surface area contributed by atoms with E-state index in [4.69, 9.17) is 4.74 Å². The number of hydrogen-bond donors (Lipinski definition) is 1. The van der Waals surface area contributed by atoms with Crippen molar-refractivity contribution in [1.29, 1.82) is 0 Å². The van der Waals surface area contributed by atoms with Crippen molar-refractivity contribution in [3.63, 3.8) is 0 Å². The third-order valence-electron chi connectivity index (χ3n) is 6.18. The number of H-pyrrole nitrogens is 1. The maximum atomic E-state index is 12.9. The monoisotopic (exact) mass is 398 g/mol. The Morgan fingerprint density at radius 3 is 2.90 bits per heavy atom. The molecule has 1 atom stereocenters. The van der Waals surface area contributed by atoms with E-state index in [1.54, 1.807) is 7.11 Å². The molecule has 0 radical (unpaired) electrons. The second kappa shape index (κ2) is 8.97. The normalized spacial score (nSPS) is 21.1. The van der Waals surface area contributed by atoms with E-state index in [0.717, 1.165) is 55.5 Å². The molecule has 2 amide bonds. The minimum atomic E-state index is -0.0458. The third-order valence-corrected chi connectivity index (χ3v) is 6.18. The smallest absolute Gasteiger partial charge is 0.240 e. The summed E-state index contributed by atoms with van der Waals surface area (Å²) in [7, 11) is 1.66. The standard InChI is InChI=1S/C22H30N4O3/c1-29-14-13-26-10-7-20(22(26)28)24-8-4-9-25(12-11-24)21(27)15-17-16-23-19-6-3-2-5-18(17)19/h2-3,5-6,16,20,23H,4,7-15H2,1H3/t20-/m0/s1. The van der Waals surface area contributed by atoms with E-state index < -0.39 is 0 Å². The lowest BCUT2D eigenvalue weighted by molar-refractivity contribution is -0.132. The molecule has 29 heavy (non-hydrogen) atoms. The molecule has 0 saturated carbocycles. The molecule has 2 saturated heterocycles. The molecule has 0 aliphatic carbocycles. The van der Waals surface area contributed by atoms with Gasteiger partial charge < -0.3 is 19.5 Å². The van der Waals surface area contributed by atoms with Crippen molar-refractivity contribution in [1.82, 2.24) is 19.7 Å². The number of likely N-dealkylation sites (tertiary alicyclic amines) is 1. The molecule has 0 unspecified atom stereocenters. The van der Waals surface area contributed by atoms with Crippen molar-refractivity contribution in [3.05, 3.63) is 36.0 Å². The Bertz CT molecular complexity index is 865.